The van der Waals surface area contributed by atoms with Crippen molar-refractivity contribution in [3.63, 3.8) is 0 Å². The second kappa shape index (κ2) is 6.42. The van der Waals surface area contributed by atoms with Gasteiger partial charge in [-0.15, -0.1) is 0 Å². The monoisotopic (exact) mass is 276 g/mol. The van der Waals surface area contributed by atoms with E-state index in [1.54, 1.807) is 0 Å². The van der Waals surface area contributed by atoms with Crippen molar-refractivity contribution in [2.45, 2.75) is 47.5 Å². The Morgan fingerprint density at radius 1 is 1.15 bits per heavy atom. The average Bonchev–Trinajstić information content (AvgIpc) is 2.77. The molecule has 2 unspecified atom stereocenters. The molecule has 4 nitrogen and oxygen atoms in total. The van der Waals surface area contributed by atoms with Gasteiger partial charge >= 0.3 is 0 Å². The molecule has 20 heavy (non-hydrogen) atoms. The molecule has 4 heteroatoms. The van der Waals surface area contributed by atoms with Crippen molar-refractivity contribution in [3.8, 4) is 0 Å². The summed E-state index contributed by atoms with van der Waals surface area (Å²) in [6.07, 6.45) is 1.99. The SMILES string of the molecule is CCCNc1nc(CC)nc(N2CC(C)C(C)C2)c1C. The van der Waals surface area contributed by atoms with Gasteiger partial charge in [0.25, 0.3) is 0 Å². The third-order valence-electron chi connectivity index (χ3n) is 4.31. The Hall–Kier alpha value is -1.32. The maximum atomic E-state index is 4.79. The molecule has 2 atom stereocenters. The third-order valence-corrected chi connectivity index (χ3v) is 4.31. The molecule has 1 aromatic heterocycles. The van der Waals surface area contributed by atoms with E-state index in [2.05, 4.69) is 49.8 Å². The van der Waals surface area contributed by atoms with E-state index in [0.717, 1.165) is 61.8 Å². The highest BCUT2D eigenvalue weighted by Crippen LogP contribution is 2.31. The molecule has 1 aliphatic heterocycles. The van der Waals surface area contributed by atoms with Crippen LogP contribution in [0.1, 0.15) is 45.5 Å². The largest absolute Gasteiger partial charge is 0.370 e. The molecule has 1 saturated heterocycles. The van der Waals surface area contributed by atoms with E-state index in [0.29, 0.717) is 0 Å². The molecule has 1 aliphatic rings. The van der Waals surface area contributed by atoms with Crippen molar-refractivity contribution < 1.29 is 0 Å². The molecule has 112 valence electrons. The predicted octanol–water partition coefficient (Wildman–Crippen LogP) is 3.26. The zero-order valence-corrected chi connectivity index (χ0v) is 13.5. The van der Waals surface area contributed by atoms with Gasteiger partial charge < -0.3 is 10.2 Å². The molecule has 2 rings (SSSR count). The van der Waals surface area contributed by atoms with Crippen LogP contribution in [0.2, 0.25) is 0 Å². The van der Waals surface area contributed by atoms with Crippen LogP contribution in [0.25, 0.3) is 0 Å². The Kier molecular flexibility index (Phi) is 4.84. The minimum Gasteiger partial charge on any atom is -0.370 e. The first-order valence-electron chi connectivity index (χ1n) is 7.93. The van der Waals surface area contributed by atoms with Gasteiger partial charge in [-0.05, 0) is 25.2 Å². The number of rotatable bonds is 5. The minimum atomic E-state index is 0.737. The van der Waals surface area contributed by atoms with Gasteiger partial charge in [-0.2, -0.15) is 0 Å². The van der Waals surface area contributed by atoms with Crippen molar-refractivity contribution >= 4 is 11.6 Å². The van der Waals surface area contributed by atoms with Gasteiger partial charge in [0.2, 0.25) is 0 Å². The van der Waals surface area contributed by atoms with Crippen molar-refractivity contribution in [1.29, 1.82) is 0 Å². The number of hydrogen-bond acceptors (Lipinski definition) is 4. The van der Waals surface area contributed by atoms with Gasteiger partial charge in [-0.1, -0.05) is 27.7 Å². The van der Waals surface area contributed by atoms with Crippen LogP contribution in [-0.4, -0.2) is 29.6 Å². The van der Waals surface area contributed by atoms with Crippen molar-refractivity contribution in [1.82, 2.24) is 9.97 Å². The Morgan fingerprint density at radius 3 is 2.35 bits per heavy atom. The van der Waals surface area contributed by atoms with Gasteiger partial charge in [-0.3, -0.25) is 0 Å². The topological polar surface area (TPSA) is 41.1 Å². The van der Waals surface area contributed by atoms with Crippen LogP contribution in [0.5, 0.6) is 0 Å². The molecule has 1 N–H and O–H groups in total. The summed E-state index contributed by atoms with van der Waals surface area (Å²) in [7, 11) is 0. The summed E-state index contributed by atoms with van der Waals surface area (Å²) in [4.78, 5) is 11.9. The quantitative estimate of drug-likeness (QED) is 0.896. The summed E-state index contributed by atoms with van der Waals surface area (Å²) in [5.41, 5.74) is 1.19. The van der Waals surface area contributed by atoms with E-state index in [-0.39, 0.29) is 0 Å². The highest BCUT2D eigenvalue weighted by Gasteiger charge is 2.28. The number of aromatic nitrogens is 2. The van der Waals surface area contributed by atoms with E-state index in [9.17, 15) is 0 Å². The van der Waals surface area contributed by atoms with Crippen LogP contribution < -0.4 is 10.2 Å². The molecule has 0 aromatic carbocycles. The molecule has 0 aliphatic carbocycles. The summed E-state index contributed by atoms with van der Waals surface area (Å²) < 4.78 is 0. The van der Waals surface area contributed by atoms with E-state index in [1.165, 1.54) is 5.56 Å². The number of hydrogen-bond donors (Lipinski definition) is 1. The molecule has 0 saturated carbocycles. The molecule has 0 amide bonds. The highest BCUT2D eigenvalue weighted by molar-refractivity contribution is 5.59. The molecular weight excluding hydrogens is 248 g/mol. The second-order valence-electron chi connectivity index (χ2n) is 6.08. The first kappa shape index (κ1) is 15.1. The molecule has 0 bridgehead atoms. The summed E-state index contributed by atoms with van der Waals surface area (Å²) in [6.45, 7) is 14.3. The zero-order chi connectivity index (χ0) is 14.7. The van der Waals surface area contributed by atoms with Gasteiger partial charge in [-0.25, -0.2) is 9.97 Å². The smallest absolute Gasteiger partial charge is 0.137 e. The number of nitrogens with zero attached hydrogens (tertiary/aromatic N) is 3. The van der Waals surface area contributed by atoms with E-state index in [1.807, 2.05) is 0 Å². The summed E-state index contributed by atoms with van der Waals surface area (Å²) in [5.74, 6) is 4.56. The maximum Gasteiger partial charge on any atom is 0.137 e. The van der Waals surface area contributed by atoms with Crippen LogP contribution in [0.4, 0.5) is 11.6 Å². The van der Waals surface area contributed by atoms with E-state index < -0.39 is 0 Å². The maximum absolute atomic E-state index is 4.79. The van der Waals surface area contributed by atoms with Gasteiger partial charge in [0.05, 0.1) is 0 Å². The first-order chi connectivity index (χ1) is 9.56. The molecule has 1 aromatic rings. The molecule has 0 radical (unpaired) electrons. The lowest BCUT2D eigenvalue weighted by atomic mass is 10.0. The lowest BCUT2D eigenvalue weighted by Crippen LogP contribution is -2.23. The number of anilines is 2. The van der Waals surface area contributed by atoms with Crippen LogP contribution in [0, 0.1) is 18.8 Å². The van der Waals surface area contributed by atoms with Gasteiger partial charge in [0, 0.05) is 31.6 Å². The Labute approximate surface area is 123 Å². The Morgan fingerprint density at radius 2 is 1.80 bits per heavy atom. The van der Waals surface area contributed by atoms with E-state index in [4.69, 9.17) is 4.98 Å². The Balaban J connectivity index is 2.31. The first-order valence-corrected chi connectivity index (χ1v) is 7.93. The molecule has 2 heterocycles. The third kappa shape index (κ3) is 3.05. The fourth-order valence-corrected chi connectivity index (χ4v) is 2.73. The number of aryl methyl sites for hydroxylation is 1. The molecule has 1 fully saturated rings. The standard InChI is InChI=1S/C16H28N4/c1-6-8-17-15-13(5)16(19-14(7-2)18-15)20-9-11(3)12(4)10-20/h11-12H,6-10H2,1-5H3,(H,17,18,19). The minimum absolute atomic E-state index is 0.737. The van der Waals surface area contributed by atoms with Gasteiger partial charge in [0.1, 0.15) is 17.5 Å². The summed E-state index contributed by atoms with van der Waals surface area (Å²) in [5, 5.41) is 3.45. The van der Waals surface area contributed by atoms with Crippen LogP contribution in [0.15, 0.2) is 0 Å². The van der Waals surface area contributed by atoms with Crippen molar-refractivity contribution in [2.75, 3.05) is 29.9 Å². The fraction of sp³-hybridized carbons (Fsp3) is 0.750. The lowest BCUT2D eigenvalue weighted by molar-refractivity contribution is 0.494. The Bertz CT molecular complexity index is 448. The number of nitrogens with one attached hydrogen (secondary N) is 1. The van der Waals surface area contributed by atoms with Crippen molar-refractivity contribution in [2.24, 2.45) is 11.8 Å². The molecular formula is C16H28N4. The van der Waals surface area contributed by atoms with Crippen molar-refractivity contribution in [3.05, 3.63) is 11.4 Å². The molecule has 0 spiro atoms. The zero-order valence-electron chi connectivity index (χ0n) is 13.5. The lowest BCUT2D eigenvalue weighted by Gasteiger charge is -2.22. The van der Waals surface area contributed by atoms with Crippen LogP contribution in [-0.2, 0) is 6.42 Å². The predicted molar refractivity (Wildman–Crippen MR) is 85.5 cm³/mol. The van der Waals surface area contributed by atoms with Gasteiger partial charge in [0.15, 0.2) is 0 Å². The average molecular weight is 276 g/mol. The second-order valence-corrected chi connectivity index (χ2v) is 6.08. The van der Waals surface area contributed by atoms with Crippen LogP contribution in [0.3, 0.4) is 0 Å². The van der Waals surface area contributed by atoms with Crippen LogP contribution >= 0.6 is 0 Å². The highest BCUT2D eigenvalue weighted by atomic mass is 15.2. The summed E-state index contributed by atoms with van der Waals surface area (Å²) >= 11 is 0. The fourth-order valence-electron chi connectivity index (χ4n) is 2.73. The summed E-state index contributed by atoms with van der Waals surface area (Å²) in [6, 6.07) is 0. The van der Waals surface area contributed by atoms with E-state index >= 15 is 0 Å². The normalized spacial score (nSPS) is 22.4.